The van der Waals surface area contributed by atoms with Crippen LogP contribution in [0.4, 0.5) is 0 Å². The maximum absolute atomic E-state index is 12.9. The molecule has 1 heterocycles. The third-order valence-electron chi connectivity index (χ3n) is 4.53. The Kier molecular flexibility index (Phi) is 6.93. The predicted octanol–water partition coefficient (Wildman–Crippen LogP) is 2.86. The van der Waals surface area contributed by atoms with Gasteiger partial charge in [-0.25, -0.2) is 8.42 Å². The molecule has 3 rings (SSSR count). The zero-order chi connectivity index (χ0) is 20.0. The minimum Gasteiger partial charge on any atom is -0.482 e. The van der Waals surface area contributed by atoms with E-state index < -0.39 is 10.0 Å². The number of hydrogen-bond donors (Lipinski definition) is 1. The number of benzene rings is 2. The summed E-state index contributed by atoms with van der Waals surface area (Å²) < 4.78 is 32.7. The van der Waals surface area contributed by atoms with Crippen LogP contribution in [0, 0.1) is 0 Å². The van der Waals surface area contributed by atoms with Crippen LogP contribution in [-0.2, 0) is 21.2 Å². The lowest BCUT2D eigenvalue weighted by Gasteiger charge is -2.18. The highest BCUT2D eigenvalue weighted by Gasteiger charge is 2.30. The molecule has 1 amide bonds. The highest BCUT2D eigenvalue weighted by molar-refractivity contribution is 7.89. The highest BCUT2D eigenvalue weighted by atomic mass is 35.5. The number of nitrogens with one attached hydrogen (secondary N) is 1. The number of ether oxygens (including phenoxy) is 1. The smallest absolute Gasteiger partial charge is 0.257 e. The number of rotatable bonds is 8. The predicted molar refractivity (Wildman–Crippen MR) is 108 cm³/mol. The molecule has 8 heteroatoms. The second-order valence-corrected chi connectivity index (χ2v) is 8.92. The highest BCUT2D eigenvalue weighted by Crippen LogP contribution is 2.31. The van der Waals surface area contributed by atoms with Gasteiger partial charge in [-0.15, -0.1) is 0 Å². The van der Waals surface area contributed by atoms with Crippen LogP contribution < -0.4 is 10.1 Å². The van der Waals surface area contributed by atoms with Crippen LogP contribution in [0.1, 0.15) is 18.4 Å². The monoisotopic (exact) mass is 422 g/mol. The van der Waals surface area contributed by atoms with Crippen molar-refractivity contribution in [2.45, 2.75) is 24.2 Å². The molecule has 0 atom stereocenters. The Bertz CT molecular complexity index is 913. The second-order valence-electron chi connectivity index (χ2n) is 6.58. The van der Waals surface area contributed by atoms with Crippen molar-refractivity contribution in [2.24, 2.45) is 0 Å². The molecule has 1 saturated heterocycles. The summed E-state index contributed by atoms with van der Waals surface area (Å²) in [6.07, 6.45) is 2.38. The SMILES string of the molecule is O=C(COc1ccc(Cl)cc1S(=O)(=O)N1CCCC1)NCCc1ccccc1. The minimum atomic E-state index is -3.70. The molecule has 1 fully saturated rings. The van der Waals surface area contributed by atoms with Gasteiger partial charge in [0.05, 0.1) is 0 Å². The van der Waals surface area contributed by atoms with Crippen molar-refractivity contribution in [3.63, 3.8) is 0 Å². The number of carbonyl (C=O) groups excluding carboxylic acids is 1. The molecule has 0 bridgehead atoms. The lowest BCUT2D eigenvalue weighted by molar-refractivity contribution is -0.123. The summed E-state index contributed by atoms with van der Waals surface area (Å²) in [7, 11) is -3.70. The van der Waals surface area contributed by atoms with Crippen LogP contribution in [-0.4, -0.2) is 44.9 Å². The van der Waals surface area contributed by atoms with E-state index in [1.54, 1.807) is 6.07 Å². The molecule has 6 nitrogen and oxygen atoms in total. The molecule has 150 valence electrons. The fraction of sp³-hybridized carbons (Fsp3) is 0.350. The molecule has 0 spiro atoms. The first kappa shape index (κ1) is 20.6. The zero-order valence-electron chi connectivity index (χ0n) is 15.4. The van der Waals surface area contributed by atoms with E-state index in [0.29, 0.717) is 31.1 Å². The van der Waals surface area contributed by atoms with E-state index in [4.69, 9.17) is 16.3 Å². The molecule has 1 aliphatic heterocycles. The Hall–Kier alpha value is -2.09. The van der Waals surface area contributed by atoms with Crippen molar-refractivity contribution >= 4 is 27.5 Å². The topological polar surface area (TPSA) is 75.7 Å². The molecule has 28 heavy (non-hydrogen) atoms. The summed E-state index contributed by atoms with van der Waals surface area (Å²) in [5.74, 6) is -0.176. The zero-order valence-corrected chi connectivity index (χ0v) is 17.0. The first-order valence-corrected chi connectivity index (χ1v) is 11.0. The van der Waals surface area contributed by atoms with E-state index in [9.17, 15) is 13.2 Å². The summed E-state index contributed by atoms with van der Waals surface area (Å²) in [6.45, 7) is 1.17. The fourth-order valence-corrected chi connectivity index (χ4v) is 4.97. The lowest BCUT2D eigenvalue weighted by Crippen LogP contribution is -2.31. The molecule has 2 aromatic carbocycles. The van der Waals surface area contributed by atoms with Crippen molar-refractivity contribution in [3.8, 4) is 5.75 Å². The van der Waals surface area contributed by atoms with E-state index in [0.717, 1.165) is 18.4 Å². The largest absolute Gasteiger partial charge is 0.482 e. The van der Waals surface area contributed by atoms with Crippen LogP contribution in [0.5, 0.6) is 5.75 Å². The van der Waals surface area contributed by atoms with Gasteiger partial charge >= 0.3 is 0 Å². The maximum Gasteiger partial charge on any atom is 0.257 e. The lowest BCUT2D eigenvalue weighted by atomic mass is 10.1. The van der Waals surface area contributed by atoms with Crippen molar-refractivity contribution in [3.05, 3.63) is 59.1 Å². The van der Waals surface area contributed by atoms with Gasteiger partial charge in [-0.2, -0.15) is 4.31 Å². The minimum absolute atomic E-state index is 0.000939. The molecule has 0 unspecified atom stereocenters. The number of hydrogen-bond acceptors (Lipinski definition) is 4. The molecule has 2 aromatic rings. The number of amides is 1. The standard InChI is InChI=1S/C20H23ClN2O4S/c21-17-8-9-18(19(14-17)28(25,26)23-12-4-5-13-23)27-15-20(24)22-11-10-16-6-2-1-3-7-16/h1-3,6-9,14H,4-5,10-13,15H2,(H,22,24). The second kappa shape index (κ2) is 9.41. The van der Waals surface area contributed by atoms with Gasteiger partial charge in [0.25, 0.3) is 5.91 Å². The Labute approximate surface area is 170 Å². The van der Waals surface area contributed by atoms with Crippen LogP contribution >= 0.6 is 11.6 Å². The van der Waals surface area contributed by atoms with Crippen LogP contribution in [0.15, 0.2) is 53.4 Å². The average Bonchev–Trinajstić information content (AvgIpc) is 3.23. The van der Waals surface area contributed by atoms with Gasteiger partial charge in [-0.3, -0.25) is 4.79 Å². The van der Waals surface area contributed by atoms with Crippen molar-refractivity contribution in [2.75, 3.05) is 26.2 Å². The summed E-state index contributed by atoms with van der Waals surface area (Å²) >= 11 is 6.00. The van der Waals surface area contributed by atoms with Gasteiger partial charge in [-0.05, 0) is 43.0 Å². The van der Waals surface area contributed by atoms with E-state index in [1.165, 1.54) is 16.4 Å². The first-order chi connectivity index (χ1) is 13.5. The summed E-state index contributed by atoms with van der Waals surface area (Å²) in [4.78, 5) is 12.1. The van der Waals surface area contributed by atoms with Crippen LogP contribution in [0.3, 0.4) is 0 Å². The van der Waals surface area contributed by atoms with Crippen molar-refractivity contribution in [1.82, 2.24) is 9.62 Å². The summed E-state index contributed by atoms with van der Waals surface area (Å²) in [5.41, 5.74) is 1.13. The average molecular weight is 423 g/mol. The first-order valence-electron chi connectivity index (χ1n) is 9.20. The molecule has 0 radical (unpaired) electrons. The van der Waals surface area contributed by atoms with Crippen molar-refractivity contribution < 1.29 is 17.9 Å². The van der Waals surface area contributed by atoms with Crippen molar-refractivity contribution in [1.29, 1.82) is 0 Å². The molecule has 0 aliphatic carbocycles. The number of halogens is 1. The number of carbonyl (C=O) groups is 1. The molecular formula is C20H23ClN2O4S. The Morgan fingerprint density at radius 3 is 2.54 bits per heavy atom. The molecule has 1 aliphatic rings. The van der Waals surface area contributed by atoms with E-state index in [1.807, 2.05) is 30.3 Å². The Morgan fingerprint density at radius 1 is 1.11 bits per heavy atom. The van der Waals surface area contributed by atoms with Gasteiger partial charge < -0.3 is 10.1 Å². The van der Waals surface area contributed by atoms with E-state index >= 15 is 0 Å². The van der Waals surface area contributed by atoms with Gasteiger partial charge in [0.1, 0.15) is 10.6 Å². The summed E-state index contributed by atoms with van der Waals surface area (Å²) in [6, 6.07) is 14.2. The molecule has 0 aromatic heterocycles. The molecular weight excluding hydrogens is 400 g/mol. The Morgan fingerprint density at radius 2 is 1.82 bits per heavy atom. The third-order valence-corrected chi connectivity index (χ3v) is 6.68. The van der Waals surface area contributed by atoms with E-state index in [2.05, 4.69) is 5.32 Å². The number of nitrogens with zero attached hydrogens (tertiary/aromatic N) is 1. The fourth-order valence-electron chi connectivity index (χ4n) is 3.06. The van der Waals surface area contributed by atoms with E-state index in [-0.39, 0.29) is 23.2 Å². The maximum atomic E-state index is 12.9. The van der Waals surface area contributed by atoms with Crippen LogP contribution in [0.25, 0.3) is 0 Å². The molecule has 1 N–H and O–H groups in total. The third kappa shape index (κ3) is 5.25. The number of sulfonamides is 1. The van der Waals surface area contributed by atoms with Gasteiger partial charge in [-0.1, -0.05) is 41.9 Å². The van der Waals surface area contributed by atoms with Gasteiger partial charge in [0.15, 0.2) is 6.61 Å². The quantitative estimate of drug-likeness (QED) is 0.709. The van der Waals surface area contributed by atoms with Gasteiger partial charge in [0.2, 0.25) is 10.0 Å². The Balaban J connectivity index is 1.60. The van der Waals surface area contributed by atoms with Crippen LogP contribution in [0.2, 0.25) is 5.02 Å². The summed E-state index contributed by atoms with van der Waals surface area (Å²) in [5, 5.41) is 3.08. The normalized spacial score (nSPS) is 14.8. The van der Waals surface area contributed by atoms with Gasteiger partial charge in [0, 0.05) is 24.7 Å². The molecule has 0 saturated carbocycles.